The van der Waals surface area contributed by atoms with Crippen molar-refractivity contribution in [3.63, 3.8) is 0 Å². The highest BCUT2D eigenvalue weighted by molar-refractivity contribution is 9.10. The van der Waals surface area contributed by atoms with Crippen molar-refractivity contribution in [1.29, 1.82) is 0 Å². The molecular formula is C11H7BrF2N2O3. The minimum absolute atomic E-state index is 0.136. The SMILES string of the molecule is CC1C(=O)NC(=O)N(c2cc(F)c(Br)cc2F)C1=O. The Morgan fingerprint density at radius 2 is 1.84 bits per heavy atom. The number of carbonyl (C=O) groups is 3. The fourth-order valence-electron chi connectivity index (χ4n) is 1.59. The molecule has 1 aliphatic heterocycles. The molecule has 0 saturated carbocycles. The van der Waals surface area contributed by atoms with E-state index < -0.39 is 41.1 Å². The van der Waals surface area contributed by atoms with Crippen molar-refractivity contribution < 1.29 is 23.2 Å². The van der Waals surface area contributed by atoms with Crippen LogP contribution in [0.1, 0.15) is 6.92 Å². The fourth-order valence-corrected chi connectivity index (χ4v) is 1.90. The lowest BCUT2D eigenvalue weighted by atomic mass is 10.1. The van der Waals surface area contributed by atoms with Gasteiger partial charge in [-0.3, -0.25) is 14.9 Å². The van der Waals surface area contributed by atoms with E-state index in [-0.39, 0.29) is 4.47 Å². The van der Waals surface area contributed by atoms with Gasteiger partial charge in [-0.05, 0) is 28.9 Å². The van der Waals surface area contributed by atoms with Crippen molar-refractivity contribution >= 4 is 39.5 Å². The van der Waals surface area contributed by atoms with Crippen molar-refractivity contribution in [3.8, 4) is 0 Å². The molecule has 100 valence electrons. The summed E-state index contributed by atoms with van der Waals surface area (Å²) in [5.74, 6) is -4.62. The standard InChI is InChI=1S/C11H7BrF2N2O3/c1-4-9(17)15-11(19)16(10(4)18)8-3-6(13)5(12)2-7(8)14/h2-4H,1H3,(H,15,17,19). The van der Waals surface area contributed by atoms with Gasteiger partial charge in [0.25, 0.3) is 0 Å². The number of barbiturate groups is 1. The first-order valence-corrected chi connectivity index (χ1v) is 5.95. The summed E-state index contributed by atoms with van der Waals surface area (Å²) in [4.78, 5) is 35.1. The van der Waals surface area contributed by atoms with Crippen LogP contribution in [-0.4, -0.2) is 17.8 Å². The molecule has 0 aliphatic carbocycles. The third-order valence-corrected chi connectivity index (χ3v) is 3.26. The van der Waals surface area contributed by atoms with Crippen LogP contribution in [0.15, 0.2) is 16.6 Å². The Morgan fingerprint density at radius 1 is 1.21 bits per heavy atom. The van der Waals surface area contributed by atoms with Gasteiger partial charge in [0, 0.05) is 6.07 Å². The fraction of sp³-hybridized carbons (Fsp3) is 0.182. The maximum absolute atomic E-state index is 13.7. The Labute approximate surface area is 114 Å². The number of amides is 4. The van der Waals surface area contributed by atoms with Gasteiger partial charge in [-0.1, -0.05) is 0 Å². The van der Waals surface area contributed by atoms with E-state index in [4.69, 9.17) is 0 Å². The zero-order valence-corrected chi connectivity index (χ0v) is 11.1. The zero-order chi connectivity index (χ0) is 14.3. The van der Waals surface area contributed by atoms with E-state index in [1.165, 1.54) is 6.92 Å². The van der Waals surface area contributed by atoms with Crippen molar-refractivity contribution in [3.05, 3.63) is 28.2 Å². The molecule has 0 radical (unpaired) electrons. The van der Waals surface area contributed by atoms with Gasteiger partial charge in [0.1, 0.15) is 17.6 Å². The molecule has 1 saturated heterocycles. The maximum atomic E-state index is 13.7. The van der Waals surface area contributed by atoms with Crippen LogP contribution in [0.3, 0.4) is 0 Å². The average molecular weight is 333 g/mol. The van der Waals surface area contributed by atoms with Crippen molar-refractivity contribution in [1.82, 2.24) is 5.32 Å². The predicted octanol–water partition coefficient (Wildman–Crippen LogP) is 1.95. The predicted molar refractivity (Wildman–Crippen MR) is 64.2 cm³/mol. The lowest BCUT2D eigenvalue weighted by Crippen LogP contribution is -2.57. The van der Waals surface area contributed by atoms with Gasteiger partial charge >= 0.3 is 6.03 Å². The highest BCUT2D eigenvalue weighted by Gasteiger charge is 2.39. The molecule has 1 N–H and O–H groups in total. The molecule has 2 rings (SSSR count). The Bertz CT molecular complexity index is 606. The number of nitrogens with zero attached hydrogens (tertiary/aromatic N) is 1. The van der Waals surface area contributed by atoms with E-state index in [1.807, 2.05) is 5.32 Å². The third kappa shape index (κ3) is 2.23. The lowest BCUT2D eigenvalue weighted by molar-refractivity contribution is -0.133. The Hall–Kier alpha value is -1.83. The van der Waals surface area contributed by atoms with Gasteiger partial charge in [0.2, 0.25) is 11.8 Å². The van der Waals surface area contributed by atoms with Gasteiger partial charge in [-0.2, -0.15) is 0 Å². The molecule has 1 fully saturated rings. The lowest BCUT2D eigenvalue weighted by Gasteiger charge is -2.28. The summed E-state index contributed by atoms with van der Waals surface area (Å²) >= 11 is 2.78. The first kappa shape index (κ1) is 13.6. The molecule has 1 unspecified atom stereocenters. The Balaban J connectivity index is 2.52. The highest BCUT2D eigenvalue weighted by atomic mass is 79.9. The number of hydrogen-bond donors (Lipinski definition) is 1. The molecule has 0 bridgehead atoms. The molecule has 1 heterocycles. The topological polar surface area (TPSA) is 66.5 Å². The van der Waals surface area contributed by atoms with Gasteiger partial charge in [-0.15, -0.1) is 0 Å². The van der Waals surface area contributed by atoms with Crippen molar-refractivity contribution in [2.45, 2.75) is 6.92 Å². The number of anilines is 1. The summed E-state index contributed by atoms with van der Waals surface area (Å²) < 4.78 is 27.0. The van der Waals surface area contributed by atoms with Crippen LogP contribution < -0.4 is 10.2 Å². The molecule has 1 aliphatic rings. The first-order chi connectivity index (χ1) is 8.82. The summed E-state index contributed by atoms with van der Waals surface area (Å²) in [6, 6.07) is 0.403. The van der Waals surface area contributed by atoms with Crippen LogP contribution in [-0.2, 0) is 9.59 Å². The number of halogens is 3. The largest absolute Gasteiger partial charge is 0.335 e. The molecule has 1 atom stereocenters. The highest BCUT2D eigenvalue weighted by Crippen LogP contribution is 2.28. The van der Waals surface area contributed by atoms with Gasteiger partial charge in [0.05, 0.1) is 10.2 Å². The molecule has 0 aromatic heterocycles. The number of rotatable bonds is 1. The van der Waals surface area contributed by atoms with E-state index in [9.17, 15) is 23.2 Å². The molecule has 8 heteroatoms. The van der Waals surface area contributed by atoms with Gasteiger partial charge in [0.15, 0.2) is 0 Å². The van der Waals surface area contributed by atoms with Gasteiger partial charge < -0.3 is 0 Å². The number of urea groups is 1. The Kier molecular flexibility index (Phi) is 3.36. The molecule has 0 spiro atoms. The van der Waals surface area contributed by atoms with Crippen LogP contribution >= 0.6 is 15.9 Å². The smallest absolute Gasteiger partial charge is 0.277 e. The molecule has 4 amide bonds. The van der Waals surface area contributed by atoms with Crippen LogP contribution in [0, 0.1) is 17.6 Å². The van der Waals surface area contributed by atoms with Crippen molar-refractivity contribution in [2.24, 2.45) is 5.92 Å². The summed E-state index contributed by atoms with van der Waals surface area (Å²) in [5, 5.41) is 1.90. The van der Waals surface area contributed by atoms with Crippen molar-refractivity contribution in [2.75, 3.05) is 4.90 Å². The van der Waals surface area contributed by atoms with Crippen LogP contribution in [0.2, 0.25) is 0 Å². The van der Waals surface area contributed by atoms with E-state index in [0.717, 1.165) is 6.07 Å². The van der Waals surface area contributed by atoms with Crippen LogP contribution in [0.25, 0.3) is 0 Å². The number of hydrogen-bond acceptors (Lipinski definition) is 3. The van der Waals surface area contributed by atoms with E-state index in [2.05, 4.69) is 15.9 Å². The molecule has 1 aromatic carbocycles. The second-order valence-corrected chi connectivity index (χ2v) is 4.76. The van der Waals surface area contributed by atoms with E-state index in [1.54, 1.807) is 0 Å². The van der Waals surface area contributed by atoms with E-state index >= 15 is 0 Å². The molecule has 5 nitrogen and oxygen atoms in total. The average Bonchev–Trinajstić information content (AvgIpc) is 2.33. The zero-order valence-electron chi connectivity index (χ0n) is 9.54. The number of benzene rings is 1. The maximum Gasteiger partial charge on any atom is 0.335 e. The number of carbonyl (C=O) groups excluding carboxylic acids is 3. The summed E-state index contributed by atoms with van der Waals surface area (Å²) in [7, 11) is 0. The minimum Gasteiger partial charge on any atom is -0.277 e. The van der Waals surface area contributed by atoms with E-state index in [0.29, 0.717) is 11.0 Å². The number of imide groups is 2. The second-order valence-electron chi connectivity index (χ2n) is 3.91. The quantitative estimate of drug-likeness (QED) is 0.631. The van der Waals surface area contributed by atoms with Gasteiger partial charge in [-0.25, -0.2) is 18.5 Å². The van der Waals surface area contributed by atoms with Crippen LogP contribution in [0.5, 0.6) is 0 Å². The second kappa shape index (κ2) is 4.69. The Morgan fingerprint density at radius 3 is 2.47 bits per heavy atom. The number of nitrogens with one attached hydrogen (secondary N) is 1. The molecular weight excluding hydrogens is 326 g/mol. The summed E-state index contributed by atoms with van der Waals surface area (Å²) in [5.41, 5.74) is -0.539. The van der Waals surface area contributed by atoms with Crippen LogP contribution in [0.4, 0.5) is 19.3 Å². The third-order valence-electron chi connectivity index (χ3n) is 2.65. The molecule has 19 heavy (non-hydrogen) atoms. The monoisotopic (exact) mass is 332 g/mol. The first-order valence-electron chi connectivity index (χ1n) is 5.16. The molecule has 1 aromatic rings. The summed E-state index contributed by atoms with van der Waals surface area (Å²) in [6.07, 6.45) is 0. The normalized spacial score (nSPS) is 19.7. The minimum atomic E-state index is -1.15. The summed E-state index contributed by atoms with van der Waals surface area (Å²) in [6.45, 7) is 1.27.